The van der Waals surface area contributed by atoms with Gasteiger partial charge in [-0.25, -0.2) is 4.98 Å². The van der Waals surface area contributed by atoms with E-state index in [0.717, 1.165) is 11.3 Å². The number of oxazole rings is 1. The van der Waals surface area contributed by atoms with Crippen LogP contribution in [-0.4, -0.2) is 10.9 Å². The van der Waals surface area contributed by atoms with Gasteiger partial charge >= 0.3 is 0 Å². The van der Waals surface area contributed by atoms with Gasteiger partial charge < -0.3 is 9.73 Å². The van der Waals surface area contributed by atoms with Gasteiger partial charge in [0.2, 0.25) is 5.91 Å². The predicted octanol–water partition coefficient (Wildman–Crippen LogP) is 4.85. The van der Waals surface area contributed by atoms with Crippen LogP contribution in [0.1, 0.15) is 42.3 Å². The van der Waals surface area contributed by atoms with Gasteiger partial charge in [-0.3, -0.25) is 4.79 Å². The van der Waals surface area contributed by atoms with E-state index in [4.69, 9.17) is 4.42 Å². The van der Waals surface area contributed by atoms with Gasteiger partial charge in [0.15, 0.2) is 11.7 Å². The maximum absolute atomic E-state index is 12.5. The van der Waals surface area contributed by atoms with Gasteiger partial charge in [-0.1, -0.05) is 60.2 Å². The van der Waals surface area contributed by atoms with Gasteiger partial charge in [0.25, 0.3) is 0 Å². The van der Waals surface area contributed by atoms with Crippen molar-refractivity contribution in [2.75, 3.05) is 0 Å². The summed E-state index contributed by atoms with van der Waals surface area (Å²) >= 11 is 0. The molecule has 0 radical (unpaired) electrons. The minimum Gasteiger partial charge on any atom is -0.441 e. The van der Waals surface area contributed by atoms with Crippen LogP contribution in [0.2, 0.25) is 0 Å². The van der Waals surface area contributed by atoms with E-state index >= 15 is 0 Å². The Hall–Kier alpha value is -2.88. The van der Waals surface area contributed by atoms with E-state index in [1.807, 2.05) is 42.5 Å². The number of benzene rings is 2. The number of rotatable bonds is 7. The average Bonchev–Trinajstić information content (AvgIpc) is 3.43. The minimum atomic E-state index is 0.0471. The predicted molar refractivity (Wildman–Crippen MR) is 105 cm³/mol. The van der Waals surface area contributed by atoms with E-state index in [2.05, 4.69) is 29.4 Å². The van der Waals surface area contributed by atoms with Crippen molar-refractivity contribution < 1.29 is 9.21 Å². The number of carbonyl (C=O) groups is 1. The number of hydrogen-bond acceptors (Lipinski definition) is 3. The molecule has 1 aromatic heterocycles. The molecule has 1 atom stereocenters. The average molecular weight is 360 g/mol. The van der Waals surface area contributed by atoms with Crippen LogP contribution in [0.5, 0.6) is 0 Å². The molecule has 0 aliphatic heterocycles. The van der Waals surface area contributed by atoms with Crippen molar-refractivity contribution in [3.63, 3.8) is 0 Å². The van der Waals surface area contributed by atoms with Crippen LogP contribution in [0.4, 0.5) is 0 Å². The van der Waals surface area contributed by atoms with Crippen molar-refractivity contribution in [1.29, 1.82) is 0 Å². The summed E-state index contributed by atoms with van der Waals surface area (Å²) in [6, 6.07) is 18.5. The molecule has 1 aliphatic rings. The molecule has 4 heteroatoms. The molecule has 1 saturated carbocycles. The largest absolute Gasteiger partial charge is 0.441 e. The van der Waals surface area contributed by atoms with Crippen LogP contribution in [0.3, 0.4) is 0 Å². The molecule has 27 heavy (non-hydrogen) atoms. The molecule has 0 bridgehead atoms. The van der Waals surface area contributed by atoms with Crippen LogP contribution in [0, 0.1) is 12.8 Å². The fourth-order valence-corrected chi connectivity index (χ4v) is 3.31. The Balaban J connectivity index is 1.34. The molecular formula is C23H24N2O2. The van der Waals surface area contributed by atoms with Crippen molar-refractivity contribution in [2.45, 2.75) is 38.6 Å². The fraction of sp³-hybridized carbons (Fsp3) is 0.304. The van der Waals surface area contributed by atoms with E-state index in [0.29, 0.717) is 24.7 Å². The molecule has 0 saturated heterocycles. The fourth-order valence-electron chi connectivity index (χ4n) is 3.31. The maximum atomic E-state index is 12.5. The third-order valence-electron chi connectivity index (χ3n) is 5.02. The van der Waals surface area contributed by atoms with E-state index < -0.39 is 0 Å². The highest BCUT2D eigenvalue weighted by molar-refractivity contribution is 5.76. The molecule has 1 amide bonds. The second-order valence-corrected chi connectivity index (χ2v) is 7.28. The van der Waals surface area contributed by atoms with Gasteiger partial charge in [0.1, 0.15) is 0 Å². The summed E-state index contributed by atoms with van der Waals surface area (Å²) in [5.41, 5.74) is 3.40. The molecule has 4 rings (SSSR count). The highest BCUT2D eigenvalue weighted by Gasteiger charge is 2.33. The first-order chi connectivity index (χ1) is 13.2. The zero-order valence-corrected chi connectivity index (χ0v) is 15.5. The third-order valence-corrected chi connectivity index (χ3v) is 5.02. The van der Waals surface area contributed by atoms with Crippen molar-refractivity contribution in [3.05, 3.63) is 77.8 Å². The van der Waals surface area contributed by atoms with Crippen LogP contribution in [-0.2, 0) is 11.2 Å². The Bertz CT molecular complexity index is 896. The van der Waals surface area contributed by atoms with Crippen LogP contribution in [0.25, 0.3) is 11.3 Å². The van der Waals surface area contributed by atoms with Crippen LogP contribution in [0.15, 0.2) is 65.2 Å². The highest BCUT2D eigenvalue weighted by atomic mass is 16.4. The van der Waals surface area contributed by atoms with Crippen molar-refractivity contribution in [1.82, 2.24) is 10.3 Å². The first kappa shape index (κ1) is 17.5. The SMILES string of the molecule is Cc1ccc(-c2cnc(CCC(=O)NC(c3ccccc3)C3CC3)o2)cc1. The monoisotopic (exact) mass is 360 g/mol. The van der Waals surface area contributed by atoms with E-state index in [1.54, 1.807) is 6.20 Å². The quantitative estimate of drug-likeness (QED) is 0.655. The molecule has 4 nitrogen and oxygen atoms in total. The molecule has 2 aromatic carbocycles. The van der Waals surface area contributed by atoms with Gasteiger partial charge in [0.05, 0.1) is 12.2 Å². The molecule has 0 spiro atoms. The summed E-state index contributed by atoms with van der Waals surface area (Å²) in [4.78, 5) is 16.8. The Labute approximate surface area is 159 Å². The Morgan fingerprint density at radius 1 is 1.15 bits per heavy atom. The van der Waals surface area contributed by atoms with Crippen molar-refractivity contribution in [3.8, 4) is 11.3 Å². The number of aromatic nitrogens is 1. The number of amides is 1. The summed E-state index contributed by atoms with van der Waals surface area (Å²) in [6.45, 7) is 2.05. The molecule has 3 aromatic rings. The number of aryl methyl sites for hydroxylation is 2. The summed E-state index contributed by atoms with van der Waals surface area (Å²) in [5.74, 6) is 1.95. The van der Waals surface area contributed by atoms with Gasteiger partial charge in [-0.2, -0.15) is 0 Å². The van der Waals surface area contributed by atoms with Crippen LogP contribution >= 0.6 is 0 Å². The summed E-state index contributed by atoms with van der Waals surface area (Å²) in [6.07, 6.45) is 4.97. The van der Waals surface area contributed by atoms with Gasteiger partial charge in [0, 0.05) is 18.4 Å². The second kappa shape index (κ2) is 7.78. The van der Waals surface area contributed by atoms with Crippen LogP contribution < -0.4 is 5.32 Å². The summed E-state index contributed by atoms with van der Waals surface area (Å²) in [5, 5.41) is 3.20. The molecule has 1 aliphatic carbocycles. The second-order valence-electron chi connectivity index (χ2n) is 7.28. The minimum absolute atomic E-state index is 0.0471. The number of nitrogens with zero attached hydrogens (tertiary/aromatic N) is 1. The molecule has 1 fully saturated rings. The lowest BCUT2D eigenvalue weighted by Crippen LogP contribution is -2.30. The van der Waals surface area contributed by atoms with E-state index in [-0.39, 0.29) is 11.9 Å². The lowest BCUT2D eigenvalue weighted by molar-refractivity contribution is -0.122. The van der Waals surface area contributed by atoms with Gasteiger partial charge in [-0.15, -0.1) is 0 Å². The molecule has 1 heterocycles. The normalized spacial score (nSPS) is 14.7. The lowest BCUT2D eigenvalue weighted by atomic mass is 10.0. The molecular weight excluding hydrogens is 336 g/mol. The Morgan fingerprint density at radius 2 is 1.89 bits per heavy atom. The third kappa shape index (κ3) is 4.45. The number of nitrogens with one attached hydrogen (secondary N) is 1. The zero-order chi connectivity index (χ0) is 18.6. The summed E-state index contributed by atoms with van der Waals surface area (Å²) < 4.78 is 5.82. The molecule has 1 N–H and O–H groups in total. The van der Waals surface area contributed by atoms with Crippen molar-refractivity contribution >= 4 is 5.91 Å². The Morgan fingerprint density at radius 3 is 2.59 bits per heavy atom. The van der Waals surface area contributed by atoms with Crippen molar-refractivity contribution in [2.24, 2.45) is 5.92 Å². The first-order valence-corrected chi connectivity index (χ1v) is 9.55. The smallest absolute Gasteiger partial charge is 0.221 e. The standard InChI is InChI=1S/C23H24N2O2/c1-16-7-9-17(10-8-16)20-15-24-22(27-20)14-13-21(26)25-23(19-11-12-19)18-5-3-2-4-6-18/h2-10,15,19,23H,11-14H2,1H3,(H,25,26). The highest BCUT2D eigenvalue weighted by Crippen LogP contribution is 2.41. The topological polar surface area (TPSA) is 55.1 Å². The zero-order valence-electron chi connectivity index (χ0n) is 15.5. The van der Waals surface area contributed by atoms with E-state index in [1.165, 1.54) is 24.0 Å². The first-order valence-electron chi connectivity index (χ1n) is 9.55. The Kier molecular flexibility index (Phi) is 5.05. The number of carbonyl (C=O) groups excluding carboxylic acids is 1. The lowest BCUT2D eigenvalue weighted by Gasteiger charge is -2.18. The molecule has 138 valence electrons. The maximum Gasteiger partial charge on any atom is 0.221 e. The van der Waals surface area contributed by atoms with Gasteiger partial charge in [-0.05, 0) is 31.2 Å². The number of hydrogen-bond donors (Lipinski definition) is 1. The molecule has 1 unspecified atom stereocenters. The summed E-state index contributed by atoms with van der Waals surface area (Å²) in [7, 11) is 0. The van der Waals surface area contributed by atoms with E-state index in [9.17, 15) is 4.79 Å².